The number of carbonyl (C=O) groups excluding carboxylic acids is 3. The summed E-state index contributed by atoms with van der Waals surface area (Å²) >= 11 is 6.54. The number of hydrogen-bond acceptors (Lipinski definition) is 6. The van der Waals surface area contributed by atoms with E-state index in [0.717, 1.165) is 0 Å². The van der Waals surface area contributed by atoms with E-state index in [4.69, 9.17) is 9.47 Å². The average Bonchev–Trinajstić information content (AvgIpc) is 2.54. The highest BCUT2D eigenvalue weighted by atomic mass is 79.9. The predicted molar refractivity (Wildman–Crippen MR) is 110 cm³/mol. The molecule has 28 heavy (non-hydrogen) atoms. The highest BCUT2D eigenvalue weighted by Gasteiger charge is 2.24. The maximum atomic E-state index is 12.3. The Bertz CT molecular complexity index is 734. The summed E-state index contributed by atoms with van der Waals surface area (Å²) in [5.41, 5.74) is -0.374. The van der Waals surface area contributed by atoms with Gasteiger partial charge in [0, 0.05) is 10.0 Å². The minimum absolute atomic E-state index is 0.113. The molecule has 0 saturated carbocycles. The molecule has 10 heteroatoms. The summed E-state index contributed by atoms with van der Waals surface area (Å²) in [6, 6.07) is 2.36. The minimum atomic E-state index is -0.860. The van der Waals surface area contributed by atoms with Crippen molar-refractivity contribution in [3.63, 3.8) is 0 Å². The van der Waals surface area contributed by atoms with E-state index in [1.165, 1.54) is 0 Å². The fraction of sp³-hybridized carbons (Fsp3) is 0.500. The van der Waals surface area contributed by atoms with Gasteiger partial charge in [-0.2, -0.15) is 0 Å². The minimum Gasteiger partial charge on any atom is -0.506 e. The van der Waals surface area contributed by atoms with Crippen molar-refractivity contribution in [2.45, 2.75) is 45.8 Å². The molecule has 0 aromatic heterocycles. The summed E-state index contributed by atoms with van der Waals surface area (Å²) in [7, 11) is 0. The van der Waals surface area contributed by atoms with Crippen LogP contribution in [0.1, 0.15) is 45.7 Å². The van der Waals surface area contributed by atoms with Gasteiger partial charge in [-0.25, -0.2) is 4.79 Å². The lowest BCUT2D eigenvalue weighted by molar-refractivity contribution is -0.143. The third kappa shape index (κ3) is 8.47. The molecule has 0 bridgehead atoms. The molecule has 0 radical (unpaired) electrons. The van der Waals surface area contributed by atoms with Gasteiger partial charge in [0.25, 0.3) is 0 Å². The van der Waals surface area contributed by atoms with Crippen molar-refractivity contribution < 1.29 is 29.0 Å². The second-order valence-electron chi connectivity index (χ2n) is 6.81. The van der Waals surface area contributed by atoms with Gasteiger partial charge < -0.3 is 25.2 Å². The molecule has 0 spiro atoms. The number of hydrogen-bond donors (Lipinski definition) is 3. The molecule has 0 aliphatic rings. The molecule has 8 nitrogen and oxygen atoms in total. The summed E-state index contributed by atoms with van der Waals surface area (Å²) < 4.78 is 11.0. The number of rotatable bonds is 7. The van der Waals surface area contributed by atoms with Crippen LogP contribution in [0, 0.1) is 0 Å². The van der Waals surface area contributed by atoms with Crippen LogP contribution in [0.25, 0.3) is 0 Å². The third-order valence-electron chi connectivity index (χ3n) is 3.24. The second-order valence-corrected chi connectivity index (χ2v) is 8.58. The maximum absolute atomic E-state index is 12.3. The molecule has 1 rings (SSSR count). The number of nitrogens with one attached hydrogen (secondary N) is 2. The van der Waals surface area contributed by atoms with Gasteiger partial charge in [0.2, 0.25) is 5.91 Å². The van der Waals surface area contributed by atoms with Crippen LogP contribution >= 0.6 is 31.9 Å². The zero-order valence-electron chi connectivity index (χ0n) is 16.1. The molecule has 1 unspecified atom stereocenters. The van der Waals surface area contributed by atoms with E-state index in [1.807, 2.05) is 0 Å². The van der Waals surface area contributed by atoms with E-state index in [-0.39, 0.29) is 25.3 Å². The van der Waals surface area contributed by atoms with Gasteiger partial charge in [-0.15, -0.1) is 0 Å². The maximum Gasteiger partial charge on any atom is 0.408 e. The normalized spacial score (nSPS) is 12.1. The summed E-state index contributed by atoms with van der Waals surface area (Å²) in [6.07, 6.45) is -0.930. The van der Waals surface area contributed by atoms with Gasteiger partial charge in [0.15, 0.2) is 0 Å². The highest BCUT2D eigenvalue weighted by Crippen LogP contribution is 2.36. The lowest BCUT2D eigenvalue weighted by Crippen LogP contribution is -2.41. The van der Waals surface area contributed by atoms with Gasteiger partial charge >= 0.3 is 12.1 Å². The molecule has 0 saturated heterocycles. The SMILES string of the molecule is CCOC(=O)CC(NC(=O)CNC(=O)OC(C)(C)C)c1cc(Br)cc(Br)c1O. The van der Waals surface area contributed by atoms with Crippen molar-refractivity contribution in [1.82, 2.24) is 10.6 Å². The zero-order chi connectivity index (χ0) is 21.5. The quantitative estimate of drug-likeness (QED) is 0.471. The Kier molecular flexibility index (Phi) is 9.22. The van der Waals surface area contributed by atoms with Gasteiger partial charge in [0.05, 0.1) is 23.5 Å². The third-order valence-corrected chi connectivity index (χ3v) is 4.30. The van der Waals surface area contributed by atoms with Gasteiger partial charge in [-0.3, -0.25) is 9.59 Å². The Balaban J connectivity index is 2.91. The van der Waals surface area contributed by atoms with Crippen LogP contribution < -0.4 is 10.6 Å². The first-order valence-electron chi connectivity index (χ1n) is 8.52. The van der Waals surface area contributed by atoms with Crippen LogP contribution in [0.4, 0.5) is 4.79 Å². The summed E-state index contributed by atoms with van der Waals surface area (Å²) in [5, 5.41) is 15.3. The van der Waals surface area contributed by atoms with Crippen LogP contribution in [0.5, 0.6) is 5.75 Å². The second kappa shape index (κ2) is 10.7. The molecule has 0 aliphatic heterocycles. The van der Waals surface area contributed by atoms with E-state index < -0.39 is 29.6 Å². The van der Waals surface area contributed by atoms with E-state index in [2.05, 4.69) is 42.5 Å². The van der Waals surface area contributed by atoms with E-state index >= 15 is 0 Å². The summed E-state index contributed by atoms with van der Waals surface area (Å²) in [4.78, 5) is 35.9. The number of amides is 2. The van der Waals surface area contributed by atoms with Gasteiger partial charge in [0.1, 0.15) is 17.9 Å². The summed E-state index contributed by atoms with van der Waals surface area (Å²) in [5.74, 6) is -1.21. The monoisotopic (exact) mass is 522 g/mol. The fourth-order valence-electron chi connectivity index (χ4n) is 2.19. The lowest BCUT2D eigenvalue weighted by atomic mass is 10.0. The van der Waals surface area contributed by atoms with Crippen molar-refractivity contribution in [3.05, 3.63) is 26.6 Å². The first kappa shape index (κ1) is 24.2. The molecule has 0 fully saturated rings. The highest BCUT2D eigenvalue weighted by molar-refractivity contribution is 9.11. The van der Waals surface area contributed by atoms with E-state index in [9.17, 15) is 19.5 Å². The first-order chi connectivity index (χ1) is 12.9. The van der Waals surface area contributed by atoms with Crippen LogP contribution in [-0.2, 0) is 19.1 Å². The Morgan fingerprint density at radius 1 is 1.21 bits per heavy atom. The number of phenolic OH excluding ortho intramolecular Hbond substituents is 1. The standard InChI is InChI=1S/C18H24Br2N2O6/c1-5-27-15(24)8-13(11-6-10(19)7-12(20)16(11)25)22-14(23)9-21-17(26)28-18(2,3)4/h6-7,13,25H,5,8-9H2,1-4H3,(H,21,26)(H,22,23). The van der Waals surface area contributed by atoms with Crippen LogP contribution in [0.3, 0.4) is 0 Å². The van der Waals surface area contributed by atoms with Crippen molar-refractivity contribution in [2.24, 2.45) is 0 Å². The average molecular weight is 524 g/mol. The molecule has 0 aliphatic carbocycles. The number of halogens is 2. The van der Waals surface area contributed by atoms with Crippen LogP contribution in [0.2, 0.25) is 0 Å². The molecule has 0 heterocycles. The number of carbonyl (C=O) groups is 3. The van der Waals surface area contributed by atoms with Gasteiger partial charge in [-0.1, -0.05) is 15.9 Å². The molecular weight excluding hydrogens is 500 g/mol. The van der Waals surface area contributed by atoms with Crippen molar-refractivity contribution in [1.29, 1.82) is 0 Å². The van der Waals surface area contributed by atoms with Crippen molar-refractivity contribution >= 4 is 49.8 Å². The predicted octanol–water partition coefficient (Wildman–Crippen LogP) is 3.55. The molecule has 2 amide bonds. The fourth-order valence-corrected chi connectivity index (χ4v) is 3.45. The van der Waals surface area contributed by atoms with Crippen LogP contribution in [0.15, 0.2) is 21.1 Å². The van der Waals surface area contributed by atoms with Gasteiger partial charge in [-0.05, 0) is 55.8 Å². The molecular formula is C18H24Br2N2O6. The molecule has 1 aromatic carbocycles. The van der Waals surface area contributed by atoms with Crippen LogP contribution in [-0.4, -0.2) is 41.8 Å². The molecule has 3 N–H and O–H groups in total. The number of benzene rings is 1. The lowest BCUT2D eigenvalue weighted by Gasteiger charge is -2.22. The zero-order valence-corrected chi connectivity index (χ0v) is 19.3. The molecule has 1 atom stereocenters. The van der Waals surface area contributed by atoms with Crippen molar-refractivity contribution in [2.75, 3.05) is 13.2 Å². The van der Waals surface area contributed by atoms with E-state index in [1.54, 1.807) is 39.8 Å². The number of alkyl carbamates (subject to hydrolysis) is 1. The molecule has 1 aromatic rings. The topological polar surface area (TPSA) is 114 Å². The number of aromatic hydroxyl groups is 1. The number of phenols is 1. The Hall–Kier alpha value is -1.81. The largest absolute Gasteiger partial charge is 0.506 e. The number of ether oxygens (including phenoxy) is 2. The Labute approximate surface area is 180 Å². The Morgan fingerprint density at radius 2 is 1.86 bits per heavy atom. The Morgan fingerprint density at radius 3 is 2.43 bits per heavy atom. The van der Waals surface area contributed by atoms with E-state index in [0.29, 0.717) is 14.5 Å². The number of esters is 1. The smallest absolute Gasteiger partial charge is 0.408 e. The first-order valence-corrected chi connectivity index (χ1v) is 10.1. The van der Waals surface area contributed by atoms with Crippen molar-refractivity contribution in [3.8, 4) is 5.75 Å². The molecule has 156 valence electrons. The summed E-state index contributed by atoms with van der Waals surface area (Å²) in [6.45, 7) is 6.61.